The van der Waals surface area contributed by atoms with E-state index < -0.39 is 17.6 Å². The van der Waals surface area contributed by atoms with E-state index in [9.17, 15) is 18.0 Å². The van der Waals surface area contributed by atoms with Crippen LogP contribution >= 0.6 is 0 Å². The van der Waals surface area contributed by atoms with E-state index >= 15 is 0 Å². The number of ether oxygens (including phenoxy) is 1. The van der Waals surface area contributed by atoms with Gasteiger partial charge in [0, 0.05) is 11.3 Å². The third-order valence-electron chi connectivity index (χ3n) is 6.07. The number of alkyl halides is 3. The molecule has 2 aromatic rings. The van der Waals surface area contributed by atoms with Gasteiger partial charge in [0.2, 0.25) is 0 Å². The van der Waals surface area contributed by atoms with Crippen molar-refractivity contribution in [2.24, 2.45) is 0 Å². The number of hydrogen-bond acceptors (Lipinski definition) is 2. The zero-order valence-corrected chi connectivity index (χ0v) is 19.4. The first-order chi connectivity index (χ1) is 15.6. The number of halogens is 3. The van der Waals surface area contributed by atoms with E-state index in [1.165, 1.54) is 44.2 Å². The summed E-state index contributed by atoms with van der Waals surface area (Å²) >= 11 is 0. The monoisotopic (exact) mass is 461 g/mol. The molecule has 2 aromatic carbocycles. The van der Waals surface area contributed by atoms with E-state index in [1.807, 2.05) is 19.1 Å². The van der Waals surface area contributed by atoms with Crippen LogP contribution in [-0.2, 0) is 11.0 Å². The molecule has 0 spiro atoms. The number of fused-ring (bicyclic) bond motifs is 1. The highest BCUT2D eigenvalue weighted by molar-refractivity contribution is 6.07. The van der Waals surface area contributed by atoms with Crippen molar-refractivity contribution in [2.45, 2.75) is 51.2 Å². The number of quaternary nitrogens is 1. The quantitative estimate of drug-likeness (QED) is 0.684. The highest BCUT2D eigenvalue weighted by Crippen LogP contribution is 2.35. The number of aryl methyl sites for hydroxylation is 1. The number of hydrogen-bond donors (Lipinski definition) is 2. The summed E-state index contributed by atoms with van der Waals surface area (Å²) in [5, 5.41) is 2.71. The van der Waals surface area contributed by atoms with E-state index in [0.717, 1.165) is 23.7 Å². The molecule has 178 valence electrons. The topological polar surface area (TPSA) is 42.8 Å². The van der Waals surface area contributed by atoms with Crippen molar-refractivity contribution >= 4 is 17.7 Å². The Bertz CT molecular complexity index is 976. The molecule has 0 saturated heterocycles. The maximum atomic E-state index is 12.8. The van der Waals surface area contributed by atoms with Crippen molar-refractivity contribution in [1.29, 1.82) is 0 Å². The third-order valence-corrected chi connectivity index (χ3v) is 6.07. The highest BCUT2D eigenvalue weighted by Gasteiger charge is 2.31. The van der Waals surface area contributed by atoms with E-state index in [0.29, 0.717) is 11.4 Å². The second-order valence-corrected chi connectivity index (χ2v) is 8.94. The van der Waals surface area contributed by atoms with Crippen molar-refractivity contribution in [3.05, 3.63) is 64.7 Å². The summed E-state index contributed by atoms with van der Waals surface area (Å²) < 4.78 is 43.8. The fraction of sp³-hybridized carbons (Fsp3) is 0.423. The second-order valence-electron chi connectivity index (χ2n) is 8.94. The molecule has 0 bridgehead atoms. The maximum Gasteiger partial charge on any atom is 0.416 e. The zero-order valence-electron chi connectivity index (χ0n) is 19.4. The van der Waals surface area contributed by atoms with E-state index in [2.05, 4.69) is 19.4 Å². The van der Waals surface area contributed by atoms with Crippen LogP contribution in [0.3, 0.4) is 0 Å². The average molecular weight is 462 g/mol. The lowest BCUT2D eigenvalue weighted by Crippen LogP contribution is -3.10. The lowest BCUT2D eigenvalue weighted by molar-refractivity contribution is -0.887. The van der Waals surface area contributed by atoms with Gasteiger partial charge in [-0.25, -0.2) is 0 Å². The number of nitrogens with one attached hydrogen (secondary N) is 2. The average Bonchev–Trinajstić information content (AvgIpc) is 2.80. The summed E-state index contributed by atoms with van der Waals surface area (Å²) in [6, 6.07) is 11.4. The molecular weight excluding hydrogens is 429 g/mol. The molecule has 0 unspecified atom stereocenters. The molecule has 4 rings (SSSR count). The fourth-order valence-electron chi connectivity index (χ4n) is 4.01. The molecule has 1 fully saturated rings. The Balaban J connectivity index is 0.000000286. The van der Waals surface area contributed by atoms with Crippen LogP contribution in [0.4, 0.5) is 18.9 Å². The number of amides is 1. The van der Waals surface area contributed by atoms with Crippen LogP contribution in [0.2, 0.25) is 0 Å². The minimum Gasteiger partial charge on any atom is -0.488 e. The van der Waals surface area contributed by atoms with Crippen molar-refractivity contribution < 1.29 is 27.6 Å². The van der Waals surface area contributed by atoms with Gasteiger partial charge in [-0.05, 0) is 69.0 Å². The van der Waals surface area contributed by atoms with Gasteiger partial charge in [-0.2, -0.15) is 13.2 Å². The van der Waals surface area contributed by atoms with Crippen molar-refractivity contribution in [3.63, 3.8) is 0 Å². The van der Waals surface area contributed by atoms with E-state index in [1.54, 1.807) is 17.0 Å². The standard InChI is InChI=1S/C18H14F3NO2.C8H17N/c1-11-2-5-15(6-3-11)22-17(23)13-8-12-9-14(18(19,20)21)4-7-16(12)24-10-13;1-9(2)8-6-4-3-5-7-8/h2-9H,10H2,1H3,(H,22,23);8H,3-7H2,1-2H3/p+1. The molecule has 1 heterocycles. The molecule has 0 radical (unpaired) electrons. The van der Waals surface area contributed by atoms with Gasteiger partial charge in [-0.15, -0.1) is 0 Å². The first kappa shape index (κ1) is 24.8. The zero-order chi connectivity index (χ0) is 24.0. The van der Waals surface area contributed by atoms with Gasteiger partial charge in [0.1, 0.15) is 12.4 Å². The van der Waals surface area contributed by atoms with Gasteiger partial charge in [0.25, 0.3) is 5.91 Å². The smallest absolute Gasteiger partial charge is 0.416 e. The summed E-state index contributed by atoms with van der Waals surface area (Å²) in [4.78, 5) is 13.9. The highest BCUT2D eigenvalue weighted by atomic mass is 19.4. The Morgan fingerprint density at radius 1 is 1.03 bits per heavy atom. The summed E-state index contributed by atoms with van der Waals surface area (Å²) in [6.07, 6.45) is 4.32. The summed E-state index contributed by atoms with van der Waals surface area (Å²) in [7, 11) is 4.55. The molecule has 7 heteroatoms. The molecule has 0 atom stereocenters. The van der Waals surface area contributed by atoms with E-state index in [-0.39, 0.29) is 17.7 Å². The van der Waals surface area contributed by atoms with Crippen LogP contribution < -0.4 is 15.0 Å². The molecule has 1 aliphatic heterocycles. The molecule has 1 amide bonds. The predicted octanol–water partition coefficient (Wildman–Crippen LogP) is 4.89. The lowest BCUT2D eigenvalue weighted by Gasteiger charge is -2.24. The van der Waals surface area contributed by atoms with Crippen LogP contribution in [0.25, 0.3) is 6.08 Å². The van der Waals surface area contributed by atoms with Gasteiger partial charge in [-0.3, -0.25) is 4.79 Å². The molecule has 2 aliphatic rings. The van der Waals surface area contributed by atoms with Gasteiger partial charge < -0.3 is 15.0 Å². The number of carbonyl (C=O) groups is 1. The Kier molecular flexibility index (Phi) is 8.19. The summed E-state index contributed by atoms with van der Waals surface area (Å²) in [5.74, 6) is -0.0724. The lowest BCUT2D eigenvalue weighted by atomic mass is 9.95. The van der Waals surface area contributed by atoms with Crippen molar-refractivity contribution in [1.82, 2.24) is 0 Å². The summed E-state index contributed by atoms with van der Waals surface area (Å²) in [5.41, 5.74) is 1.40. The normalized spacial score (nSPS) is 16.2. The molecule has 0 aromatic heterocycles. The van der Waals surface area contributed by atoms with E-state index in [4.69, 9.17) is 4.74 Å². The van der Waals surface area contributed by atoms with Gasteiger partial charge in [0.15, 0.2) is 0 Å². The SMILES string of the molecule is C[NH+](C)C1CCCCC1.Cc1ccc(NC(=O)C2=Cc3cc(C(F)(F)F)ccc3OC2)cc1. The Hall–Kier alpha value is -2.80. The molecule has 1 saturated carbocycles. The number of rotatable bonds is 3. The first-order valence-corrected chi connectivity index (χ1v) is 11.4. The number of benzene rings is 2. The molecular formula is C26H32F3N2O2+. The molecule has 1 aliphatic carbocycles. The van der Waals surface area contributed by atoms with Crippen molar-refractivity contribution in [2.75, 3.05) is 26.0 Å². The van der Waals surface area contributed by atoms with Gasteiger partial charge in [0.05, 0.1) is 31.3 Å². The molecule has 2 N–H and O–H groups in total. The van der Waals surface area contributed by atoms with Crippen molar-refractivity contribution in [3.8, 4) is 5.75 Å². The number of carbonyl (C=O) groups excluding carboxylic acids is 1. The Labute approximate surface area is 193 Å². The third kappa shape index (κ3) is 7.09. The fourth-order valence-corrected chi connectivity index (χ4v) is 4.01. The van der Waals surface area contributed by atoms with Gasteiger partial charge in [-0.1, -0.05) is 24.1 Å². The van der Waals surface area contributed by atoms with Gasteiger partial charge >= 0.3 is 6.18 Å². The largest absolute Gasteiger partial charge is 0.488 e. The second kappa shape index (κ2) is 10.9. The van der Waals surface area contributed by atoms with Crippen LogP contribution in [0.1, 0.15) is 48.8 Å². The van der Waals surface area contributed by atoms with Crippen LogP contribution in [0.5, 0.6) is 5.75 Å². The summed E-state index contributed by atoms with van der Waals surface area (Å²) in [6.45, 7) is 1.94. The molecule has 33 heavy (non-hydrogen) atoms. The maximum absolute atomic E-state index is 12.8. The minimum absolute atomic E-state index is 0.00998. The van der Waals surface area contributed by atoms with Crippen LogP contribution in [0, 0.1) is 6.92 Å². The number of anilines is 1. The molecule has 4 nitrogen and oxygen atoms in total. The first-order valence-electron chi connectivity index (χ1n) is 11.4. The predicted molar refractivity (Wildman–Crippen MR) is 124 cm³/mol. The minimum atomic E-state index is -4.44. The van der Waals surface area contributed by atoms with Crippen LogP contribution in [0.15, 0.2) is 48.0 Å². The Morgan fingerprint density at radius 2 is 1.70 bits per heavy atom. The van der Waals surface area contributed by atoms with Crippen LogP contribution in [-0.4, -0.2) is 32.7 Å². The Morgan fingerprint density at radius 3 is 2.27 bits per heavy atom.